The van der Waals surface area contributed by atoms with Gasteiger partial charge in [-0.3, -0.25) is 0 Å². The van der Waals surface area contributed by atoms with Crippen molar-refractivity contribution in [2.75, 3.05) is 6.61 Å². The predicted molar refractivity (Wildman–Crippen MR) is 77.9 cm³/mol. The fourth-order valence-corrected chi connectivity index (χ4v) is 3.12. The van der Waals surface area contributed by atoms with Crippen LogP contribution in [0.15, 0.2) is 18.2 Å². The Kier molecular flexibility index (Phi) is 3.96. The van der Waals surface area contributed by atoms with Crippen LogP contribution in [0.4, 0.5) is 0 Å². The van der Waals surface area contributed by atoms with E-state index in [2.05, 4.69) is 9.55 Å². The second-order valence-electron chi connectivity index (χ2n) is 4.87. The summed E-state index contributed by atoms with van der Waals surface area (Å²) in [6.45, 7) is 1.63. The first kappa shape index (κ1) is 13.2. The number of halogens is 2. The predicted octanol–water partition coefficient (Wildman–Crippen LogP) is 4.00. The number of nitrogens with zero attached hydrogens (tertiary/aromatic N) is 2. The molecule has 1 unspecified atom stereocenters. The molecule has 5 heteroatoms. The van der Waals surface area contributed by atoms with Crippen molar-refractivity contribution < 1.29 is 4.74 Å². The molecule has 0 bridgehead atoms. The lowest BCUT2D eigenvalue weighted by atomic mass is 10.1. The normalized spacial score (nSPS) is 20.0. The summed E-state index contributed by atoms with van der Waals surface area (Å²) in [7, 11) is 0. The standard InChI is InChI=1S/C14H16Cl2N2O/c15-8-13-17-12-6-3-5-11(16)14(12)18(13)9-10-4-1-2-7-19-10/h3,5-6,10H,1-2,4,7-9H2. The number of imidazole rings is 1. The smallest absolute Gasteiger partial charge is 0.124 e. The van der Waals surface area contributed by atoms with Gasteiger partial charge in [0, 0.05) is 6.61 Å². The van der Waals surface area contributed by atoms with Gasteiger partial charge in [0.15, 0.2) is 0 Å². The molecule has 2 aromatic rings. The summed E-state index contributed by atoms with van der Waals surface area (Å²) < 4.78 is 7.92. The molecule has 0 radical (unpaired) electrons. The Morgan fingerprint density at radius 2 is 2.26 bits per heavy atom. The van der Waals surface area contributed by atoms with E-state index in [1.54, 1.807) is 0 Å². The van der Waals surface area contributed by atoms with Gasteiger partial charge in [-0.1, -0.05) is 17.7 Å². The van der Waals surface area contributed by atoms with E-state index in [0.717, 1.165) is 47.9 Å². The SMILES string of the molecule is ClCc1nc2cccc(Cl)c2n1CC1CCCCO1. The average Bonchev–Trinajstić information content (AvgIpc) is 2.79. The highest BCUT2D eigenvalue weighted by Gasteiger charge is 2.19. The van der Waals surface area contributed by atoms with Gasteiger partial charge >= 0.3 is 0 Å². The van der Waals surface area contributed by atoms with Gasteiger partial charge in [0.25, 0.3) is 0 Å². The molecule has 1 atom stereocenters. The van der Waals surface area contributed by atoms with Crippen LogP contribution in [-0.4, -0.2) is 22.3 Å². The van der Waals surface area contributed by atoms with Gasteiger partial charge in [0.1, 0.15) is 5.82 Å². The molecule has 1 aromatic heterocycles. The van der Waals surface area contributed by atoms with Gasteiger partial charge < -0.3 is 9.30 Å². The largest absolute Gasteiger partial charge is 0.376 e. The van der Waals surface area contributed by atoms with Crippen molar-refractivity contribution in [2.45, 2.75) is 37.8 Å². The van der Waals surface area contributed by atoms with E-state index in [0.29, 0.717) is 5.88 Å². The number of hydrogen-bond acceptors (Lipinski definition) is 2. The minimum absolute atomic E-state index is 0.240. The minimum atomic E-state index is 0.240. The Labute approximate surface area is 122 Å². The van der Waals surface area contributed by atoms with Crippen LogP contribution in [0.25, 0.3) is 11.0 Å². The van der Waals surface area contributed by atoms with Gasteiger partial charge in [0.05, 0.1) is 34.6 Å². The zero-order valence-corrected chi connectivity index (χ0v) is 12.1. The van der Waals surface area contributed by atoms with Gasteiger partial charge in [0.2, 0.25) is 0 Å². The molecular formula is C14H16Cl2N2O. The zero-order valence-electron chi connectivity index (χ0n) is 10.6. The Balaban J connectivity index is 2.00. The molecule has 0 spiro atoms. The van der Waals surface area contributed by atoms with E-state index in [9.17, 15) is 0 Å². The first-order valence-electron chi connectivity index (χ1n) is 6.61. The van der Waals surface area contributed by atoms with E-state index >= 15 is 0 Å². The van der Waals surface area contributed by atoms with Crippen molar-refractivity contribution in [1.29, 1.82) is 0 Å². The Bertz CT molecular complexity index is 576. The zero-order chi connectivity index (χ0) is 13.2. The molecule has 0 aliphatic carbocycles. The van der Waals surface area contributed by atoms with E-state index in [1.807, 2.05) is 18.2 Å². The van der Waals surface area contributed by atoms with E-state index in [-0.39, 0.29) is 6.10 Å². The van der Waals surface area contributed by atoms with Gasteiger partial charge in [-0.15, -0.1) is 11.6 Å². The molecule has 0 N–H and O–H groups in total. The van der Waals surface area contributed by atoms with E-state index in [1.165, 1.54) is 6.42 Å². The second-order valence-corrected chi connectivity index (χ2v) is 5.54. The summed E-state index contributed by atoms with van der Waals surface area (Å²) in [5.41, 5.74) is 1.87. The highest BCUT2D eigenvalue weighted by Crippen LogP contribution is 2.27. The molecule has 3 rings (SSSR count). The number of aromatic nitrogens is 2. The summed E-state index contributed by atoms with van der Waals surface area (Å²) in [4.78, 5) is 4.55. The Hall–Kier alpha value is -0.770. The van der Waals surface area contributed by atoms with E-state index in [4.69, 9.17) is 27.9 Å². The van der Waals surface area contributed by atoms with Crippen molar-refractivity contribution >= 4 is 34.2 Å². The average molecular weight is 299 g/mol. The van der Waals surface area contributed by atoms with Gasteiger partial charge in [-0.2, -0.15) is 0 Å². The molecule has 3 nitrogen and oxygen atoms in total. The lowest BCUT2D eigenvalue weighted by molar-refractivity contribution is 0.00628. The minimum Gasteiger partial charge on any atom is -0.376 e. The molecule has 0 amide bonds. The second kappa shape index (κ2) is 5.70. The van der Waals surface area contributed by atoms with Crippen molar-refractivity contribution in [3.63, 3.8) is 0 Å². The number of alkyl halides is 1. The van der Waals surface area contributed by atoms with E-state index < -0.39 is 0 Å². The molecule has 1 aliphatic rings. The van der Waals surface area contributed by atoms with Crippen LogP contribution in [0.3, 0.4) is 0 Å². The third-order valence-electron chi connectivity index (χ3n) is 3.58. The molecule has 102 valence electrons. The number of rotatable bonds is 3. The topological polar surface area (TPSA) is 27.1 Å². The summed E-state index contributed by atoms with van der Waals surface area (Å²) >= 11 is 12.3. The summed E-state index contributed by atoms with van der Waals surface area (Å²) in [6, 6.07) is 5.77. The fraction of sp³-hybridized carbons (Fsp3) is 0.500. The van der Waals surface area contributed by atoms with Crippen LogP contribution in [0, 0.1) is 0 Å². The van der Waals surface area contributed by atoms with Crippen molar-refractivity contribution in [3.8, 4) is 0 Å². The third-order valence-corrected chi connectivity index (χ3v) is 4.12. The number of para-hydroxylation sites is 1. The molecule has 1 aliphatic heterocycles. The van der Waals surface area contributed by atoms with Crippen molar-refractivity contribution in [1.82, 2.24) is 9.55 Å². The maximum atomic E-state index is 6.31. The molecule has 1 aromatic carbocycles. The van der Waals surface area contributed by atoms with Crippen molar-refractivity contribution in [3.05, 3.63) is 29.0 Å². The third kappa shape index (κ3) is 2.60. The summed E-state index contributed by atoms with van der Waals surface area (Å²) in [5.74, 6) is 1.25. The maximum Gasteiger partial charge on any atom is 0.124 e. The number of ether oxygens (including phenoxy) is 1. The van der Waals surface area contributed by atoms with Gasteiger partial charge in [-0.05, 0) is 31.4 Å². The quantitative estimate of drug-likeness (QED) is 0.801. The molecule has 1 fully saturated rings. The number of benzene rings is 1. The van der Waals surface area contributed by atoms with Crippen LogP contribution in [0.5, 0.6) is 0 Å². The van der Waals surface area contributed by atoms with Crippen LogP contribution in [0.1, 0.15) is 25.1 Å². The number of fused-ring (bicyclic) bond motifs is 1. The maximum absolute atomic E-state index is 6.31. The fourth-order valence-electron chi connectivity index (χ4n) is 2.64. The van der Waals surface area contributed by atoms with Gasteiger partial charge in [-0.25, -0.2) is 4.98 Å². The Morgan fingerprint density at radius 1 is 1.37 bits per heavy atom. The molecule has 19 heavy (non-hydrogen) atoms. The van der Waals surface area contributed by atoms with Crippen LogP contribution >= 0.6 is 23.2 Å². The molecule has 2 heterocycles. The van der Waals surface area contributed by atoms with Crippen molar-refractivity contribution in [2.24, 2.45) is 0 Å². The lowest BCUT2D eigenvalue weighted by Crippen LogP contribution is -2.25. The van der Waals surface area contributed by atoms with Crippen LogP contribution in [0.2, 0.25) is 5.02 Å². The summed E-state index contributed by atoms with van der Waals surface area (Å²) in [6.07, 6.45) is 3.71. The first-order valence-corrected chi connectivity index (χ1v) is 7.52. The molecule has 0 saturated carbocycles. The monoisotopic (exact) mass is 298 g/mol. The summed E-state index contributed by atoms with van der Waals surface area (Å²) in [5, 5.41) is 0.720. The molecular weight excluding hydrogens is 283 g/mol. The molecule has 1 saturated heterocycles. The highest BCUT2D eigenvalue weighted by atomic mass is 35.5. The number of hydrogen-bond donors (Lipinski definition) is 0. The highest BCUT2D eigenvalue weighted by molar-refractivity contribution is 6.35. The Morgan fingerprint density at radius 3 is 3.00 bits per heavy atom. The lowest BCUT2D eigenvalue weighted by Gasteiger charge is -2.24. The van der Waals surface area contributed by atoms with Crippen LogP contribution < -0.4 is 0 Å². The van der Waals surface area contributed by atoms with Crippen LogP contribution in [-0.2, 0) is 17.2 Å². The first-order chi connectivity index (χ1) is 9.29.